The standard InChI is InChI=1S/C51H40N4O2/c1-33(2)51(56)57-32-12-13-34-20-22-38(23-21-34)50-45-30-28-43(54-45)48(36-16-8-4-9-17-36)41-26-24-39(52-41)47(35-14-6-3-7-15-35)40-25-27-42(53-40)49(37-18-10-5-11-19-37)44-29-31-46(50)55-44/h3-11,14-31,52,55H,1,12-13,32H2,2H3. The molecule has 276 valence electrons. The summed E-state index contributed by atoms with van der Waals surface area (Å²) in [6, 6.07) is 48.6. The Labute approximate surface area is 331 Å². The minimum atomic E-state index is -0.351. The SMILES string of the molecule is C=C(C)C(=O)OCCCc1ccc(-c2c3nc(c(-c4ccccc4)c4ccc([nH]4)c(-c4ccccc4)c4nc(c(-c5ccccc5)c5ccc2[nH]5)C=C4)C=C3)cc1. The van der Waals surface area contributed by atoms with Crippen molar-refractivity contribution in [2.45, 2.75) is 19.8 Å². The molecule has 2 aliphatic heterocycles. The van der Waals surface area contributed by atoms with Gasteiger partial charge in [0.15, 0.2) is 0 Å². The molecule has 0 fully saturated rings. The van der Waals surface area contributed by atoms with E-state index in [1.54, 1.807) is 6.92 Å². The van der Waals surface area contributed by atoms with Crippen LogP contribution in [-0.2, 0) is 16.0 Å². The van der Waals surface area contributed by atoms with Crippen molar-refractivity contribution in [2.24, 2.45) is 0 Å². The van der Waals surface area contributed by atoms with Gasteiger partial charge in [0, 0.05) is 49.9 Å². The van der Waals surface area contributed by atoms with E-state index >= 15 is 0 Å². The first-order chi connectivity index (χ1) is 28.0. The van der Waals surface area contributed by atoms with Gasteiger partial charge in [0.05, 0.1) is 29.4 Å². The van der Waals surface area contributed by atoms with Gasteiger partial charge in [0.2, 0.25) is 0 Å². The highest BCUT2D eigenvalue weighted by atomic mass is 16.5. The first-order valence-corrected chi connectivity index (χ1v) is 19.2. The lowest BCUT2D eigenvalue weighted by molar-refractivity contribution is -0.139. The van der Waals surface area contributed by atoms with Crippen molar-refractivity contribution in [3.05, 3.63) is 180 Å². The minimum Gasteiger partial charge on any atom is -0.462 e. The number of hydrogen-bond acceptors (Lipinski definition) is 4. The number of benzene rings is 4. The summed E-state index contributed by atoms with van der Waals surface area (Å²) in [6.07, 6.45) is 9.99. The second kappa shape index (κ2) is 15.4. The number of aromatic amines is 2. The van der Waals surface area contributed by atoms with Crippen molar-refractivity contribution in [1.29, 1.82) is 0 Å². The molecule has 6 heteroatoms. The highest BCUT2D eigenvalue weighted by molar-refractivity contribution is 5.99. The zero-order valence-corrected chi connectivity index (χ0v) is 31.6. The van der Waals surface area contributed by atoms with Gasteiger partial charge in [-0.15, -0.1) is 0 Å². The van der Waals surface area contributed by atoms with Gasteiger partial charge in [0.25, 0.3) is 0 Å². The smallest absolute Gasteiger partial charge is 0.333 e. The van der Waals surface area contributed by atoms with Crippen molar-refractivity contribution < 1.29 is 9.53 Å². The Morgan fingerprint density at radius 2 is 0.860 bits per heavy atom. The molecule has 0 unspecified atom stereocenters. The number of hydrogen-bond donors (Lipinski definition) is 2. The normalized spacial score (nSPS) is 11.8. The number of esters is 1. The lowest BCUT2D eigenvalue weighted by Crippen LogP contribution is -2.06. The number of fused-ring (bicyclic) bond motifs is 8. The number of carbonyl (C=O) groups is 1. The van der Waals surface area contributed by atoms with E-state index in [0.29, 0.717) is 12.2 Å². The molecule has 0 saturated carbocycles. The van der Waals surface area contributed by atoms with E-state index in [2.05, 4.69) is 162 Å². The number of ether oxygens (including phenoxy) is 1. The minimum absolute atomic E-state index is 0.351. The summed E-state index contributed by atoms with van der Waals surface area (Å²) in [5, 5.41) is 0. The molecule has 0 aliphatic carbocycles. The molecule has 8 bridgehead atoms. The summed E-state index contributed by atoms with van der Waals surface area (Å²) in [5.41, 5.74) is 17.2. The molecule has 2 aliphatic rings. The number of H-pyrrole nitrogens is 2. The Hall–Kier alpha value is -7.31. The van der Waals surface area contributed by atoms with Gasteiger partial charge < -0.3 is 14.7 Å². The Bertz CT molecular complexity index is 2830. The van der Waals surface area contributed by atoms with Crippen molar-refractivity contribution >= 4 is 52.3 Å². The number of rotatable bonds is 9. The Morgan fingerprint density at radius 3 is 1.21 bits per heavy atom. The predicted molar refractivity (Wildman–Crippen MR) is 235 cm³/mol. The molecule has 0 radical (unpaired) electrons. The van der Waals surface area contributed by atoms with E-state index in [4.69, 9.17) is 14.7 Å². The number of carbonyl (C=O) groups excluding carboxylic acids is 1. The highest BCUT2D eigenvalue weighted by Crippen LogP contribution is 2.38. The predicted octanol–water partition coefficient (Wildman–Crippen LogP) is 12.4. The molecule has 0 amide bonds. The largest absolute Gasteiger partial charge is 0.462 e. The van der Waals surface area contributed by atoms with E-state index in [1.807, 2.05) is 18.2 Å². The quantitative estimate of drug-likeness (QED) is 0.0877. The zero-order valence-electron chi connectivity index (χ0n) is 31.6. The fourth-order valence-corrected chi connectivity index (χ4v) is 7.64. The van der Waals surface area contributed by atoms with Gasteiger partial charge in [-0.05, 0) is 96.2 Å². The van der Waals surface area contributed by atoms with Crippen LogP contribution < -0.4 is 0 Å². The highest BCUT2D eigenvalue weighted by Gasteiger charge is 2.19. The molecule has 5 heterocycles. The van der Waals surface area contributed by atoms with Crippen LogP contribution in [0.25, 0.3) is 90.9 Å². The number of nitrogens with zero attached hydrogens (tertiary/aromatic N) is 2. The third-order valence-electron chi connectivity index (χ3n) is 10.4. The van der Waals surface area contributed by atoms with Crippen LogP contribution >= 0.6 is 0 Å². The van der Waals surface area contributed by atoms with Crippen molar-refractivity contribution in [3.63, 3.8) is 0 Å². The molecule has 3 aromatic heterocycles. The molecular formula is C51H40N4O2. The fourth-order valence-electron chi connectivity index (χ4n) is 7.64. The van der Waals surface area contributed by atoms with Gasteiger partial charge in [-0.1, -0.05) is 122 Å². The molecule has 0 spiro atoms. The van der Waals surface area contributed by atoms with Crippen LogP contribution in [0.5, 0.6) is 0 Å². The maximum atomic E-state index is 11.9. The zero-order chi connectivity index (χ0) is 38.7. The van der Waals surface area contributed by atoms with Crippen LogP contribution in [0.3, 0.4) is 0 Å². The third kappa shape index (κ3) is 7.17. The van der Waals surface area contributed by atoms with Crippen molar-refractivity contribution in [3.8, 4) is 44.5 Å². The summed E-state index contributed by atoms with van der Waals surface area (Å²) in [4.78, 5) is 30.3. The molecule has 2 N–H and O–H groups in total. The van der Waals surface area contributed by atoms with Crippen LogP contribution in [0.2, 0.25) is 0 Å². The second-order valence-electron chi connectivity index (χ2n) is 14.3. The first-order valence-electron chi connectivity index (χ1n) is 19.2. The summed E-state index contributed by atoms with van der Waals surface area (Å²) in [6.45, 7) is 5.69. The maximum Gasteiger partial charge on any atom is 0.333 e. The molecule has 0 saturated heterocycles. The molecular weight excluding hydrogens is 701 g/mol. The number of nitrogens with one attached hydrogen (secondary N) is 2. The second-order valence-corrected chi connectivity index (χ2v) is 14.3. The van der Waals surface area contributed by atoms with Gasteiger partial charge in [-0.25, -0.2) is 14.8 Å². The number of aryl methyl sites for hydroxylation is 1. The van der Waals surface area contributed by atoms with Crippen molar-refractivity contribution in [1.82, 2.24) is 19.9 Å². The molecule has 0 atom stereocenters. The topological polar surface area (TPSA) is 83.7 Å². The van der Waals surface area contributed by atoms with Gasteiger partial charge >= 0.3 is 5.97 Å². The summed E-state index contributed by atoms with van der Waals surface area (Å²) < 4.78 is 5.33. The van der Waals surface area contributed by atoms with E-state index in [-0.39, 0.29) is 5.97 Å². The van der Waals surface area contributed by atoms with E-state index < -0.39 is 0 Å². The fraction of sp³-hybridized carbons (Fsp3) is 0.0784. The van der Waals surface area contributed by atoms with E-state index in [1.165, 1.54) is 0 Å². The van der Waals surface area contributed by atoms with Gasteiger partial charge in [-0.2, -0.15) is 0 Å². The Balaban J connectivity index is 1.31. The average molecular weight is 741 g/mol. The molecule has 57 heavy (non-hydrogen) atoms. The van der Waals surface area contributed by atoms with Gasteiger partial charge in [-0.3, -0.25) is 0 Å². The van der Waals surface area contributed by atoms with Crippen LogP contribution in [0.4, 0.5) is 0 Å². The summed E-state index contributed by atoms with van der Waals surface area (Å²) in [5.74, 6) is -0.351. The van der Waals surface area contributed by atoms with E-state index in [9.17, 15) is 4.79 Å². The van der Waals surface area contributed by atoms with Crippen LogP contribution in [0, 0.1) is 0 Å². The van der Waals surface area contributed by atoms with Crippen LogP contribution in [0.1, 0.15) is 41.7 Å². The first kappa shape index (κ1) is 35.4. The molecule has 4 aromatic carbocycles. The average Bonchev–Trinajstić information content (AvgIpc) is 4.09. The number of aromatic nitrogens is 4. The lowest BCUT2D eigenvalue weighted by atomic mass is 10.0. The van der Waals surface area contributed by atoms with E-state index in [0.717, 1.165) is 108 Å². The lowest BCUT2D eigenvalue weighted by Gasteiger charge is -2.08. The summed E-state index contributed by atoms with van der Waals surface area (Å²) >= 11 is 0. The maximum absolute atomic E-state index is 11.9. The van der Waals surface area contributed by atoms with Crippen LogP contribution in [-0.4, -0.2) is 32.5 Å². The Morgan fingerprint density at radius 1 is 0.509 bits per heavy atom. The summed E-state index contributed by atoms with van der Waals surface area (Å²) in [7, 11) is 0. The third-order valence-corrected chi connectivity index (χ3v) is 10.4. The van der Waals surface area contributed by atoms with Gasteiger partial charge in [0.1, 0.15) is 0 Å². The Kier molecular flexibility index (Phi) is 9.59. The monoisotopic (exact) mass is 740 g/mol. The molecule has 9 rings (SSSR count). The molecule has 7 aromatic rings. The van der Waals surface area contributed by atoms with Crippen molar-refractivity contribution in [2.75, 3.05) is 6.61 Å². The van der Waals surface area contributed by atoms with Crippen LogP contribution in [0.15, 0.2) is 152 Å². The molecule has 6 nitrogen and oxygen atoms in total.